The first-order chi connectivity index (χ1) is 6.35. The summed E-state index contributed by atoms with van der Waals surface area (Å²) < 4.78 is 5.36. The molecular weight excluding hydrogens is 162 g/mol. The Bertz CT molecular complexity index is 267. The molecule has 2 nitrogen and oxygen atoms in total. The molecule has 1 fully saturated rings. The molecule has 0 aromatic heterocycles. The van der Waals surface area contributed by atoms with Gasteiger partial charge in [-0.25, -0.2) is 0 Å². The van der Waals surface area contributed by atoms with E-state index >= 15 is 0 Å². The van der Waals surface area contributed by atoms with Crippen LogP contribution >= 0.6 is 0 Å². The van der Waals surface area contributed by atoms with E-state index < -0.39 is 0 Å². The summed E-state index contributed by atoms with van der Waals surface area (Å²) in [6, 6.07) is 10.4. The molecule has 0 unspecified atom stereocenters. The van der Waals surface area contributed by atoms with Crippen molar-refractivity contribution < 1.29 is 4.74 Å². The second-order valence-corrected chi connectivity index (χ2v) is 3.54. The Hall–Kier alpha value is -0.860. The lowest BCUT2D eigenvalue weighted by Crippen LogP contribution is -2.32. The normalized spacial score (nSPS) is 18.5. The Morgan fingerprint density at radius 2 is 2.00 bits per heavy atom. The number of rotatable bonds is 4. The predicted molar refractivity (Wildman–Crippen MR) is 52.3 cm³/mol. The average Bonchev–Trinajstić information content (AvgIpc) is 2.97. The monoisotopic (exact) mass is 177 g/mol. The lowest BCUT2D eigenvalue weighted by atomic mass is 10.2. The molecule has 0 saturated heterocycles. The van der Waals surface area contributed by atoms with E-state index in [-0.39, 0.29) is 5.72 Å². The highest BCUT2D eigenvalue weighted by Crippen LogP contribution is 2.35. The zero-order valence-electron chi connectivity index (χ0n) is 7.92. The van der Waals surface area contributed by atoms with Crippen molar-refractivity contribution in [1.82, 2.24) is 5.32 Å². The number of hydrogen-bond acceptors (Lipinski definition) is 2. The van der Waals surface area contributed by atoms with Gasteiger partial charge in [0.25, 0.3) is 0 Å². The molecule has 2 heteroatoms. The lowest BCUT2D eigenvalue weighted by Gasteiger charge is -2.15. The second-order valence-electron chi connectivity index (χ2n) is 3.54. The van der Waals surface area contributed by atoms with Crippen molar-refractivity contribution in [2.45, 2.75) is 25.1 Å². The van der Waals surface area contributed by atoms with Crippen LogP contribution in [-0.2, 0) is 11.3 Å². The Balaban J connectivity index is 1.86. The average molecular weight is 177 g/mol. The van der Waals surface area contributed by atoms with E-state index in [0.29, 0.717) is 0 Å². The molecule has 0 spiro atoms. The maximum absolute atomic E-state index is 5.36. The molecule has 2 rings (SSSR count). The third-order valence-corrected chi connectivity index (χ3v) is 2.55. The molecule has 0 radical (unpaired) electrons. The van der Waals surface area contributed by atoms with E-state index in [1.165, 1.54) is 5.56 Å². The Morgan fingerprint density at radius 1 is 1.31 bits per heavy atom. The summed E-state index contributed by atoms with van der Waals surface area (Å²) in [5.41, 5.74) is 1.31. The molecular formula is C11H15NO. The first kappa shape index (κ1) is 8.73. The minimum atomic E-state index is -0.00413. The van der Waals surface area contributed by atoms with Gasteiger partial charge in [-0.1, -0.05) is 30.3 Å². The minimum absolute atomic E-state index is 0.00413. The van der Waals surface area contributed by atoms with Gasteiger partial charge in [-0.15, -0.1) is 0 Å². The molecule has 1 aliphatic rings. The highest BCUT2D eigenvalue weighted by molar-refractivity contribution is 5.15. The zero-order chi connectivity index (χ0) is 9.15. The highest BCUT2D eigenvalue weighted by atomic mass is 16.5. The lowest BCUT2D eigenvalue weighted by molar-refractivity contribution is 0.0489. The molecule has 1 aliphatic carbocycles. The molecule has 1 N–H and O–H groups in total. The molecule has 0 aliphatic heterocycles. The van der Waals surface area contributed by atoms with Crippen molar-refractivity contribution in [1.29, 1.82) is 0 Å². The van der Waals surface area contributed by atoms with Gasteiger partial charge in [-0.2, -0.15) is 0 Å². The van der Waals surface area contributed by atoms with Crippen molar-refractivity contribution in [3.63, 3.8) is 0 Å². The van der Waals surface area contributed by atoms with Gasteiger partial charge < -0.3 is 4.74 Å². The summed E-state index contributed by atoms with van der Waals surface area (Å²) in [7, 11) is 1.77. The highest BCUT2D eigenvalue weighted by Gasteiger charge is 2.42. The van der Waals surface area contributed by atoms with E-state index in [0.717, 1.165) is 19.4 Å². The van der Waals surface area contributed by atoms with Crippen LogP contribution in [-0.4, -0.2) is 12.8 Å². The summed E-state index contributed by atoms with van der Waals surface area (Å²) >= 11 is 0. The quantitative estimate of drug-likeness (QED) is 0.709. The van der Waals surface area contributed by atoms with Crippen LogP contribution in [0.5, 0.6) is 0 Å². The first-order valence-corrected chi connectivity index (χ1v) is 4.69. The third kappa shape index (κ3) is 2.08. The number of hydrogen-bond donors (Lipinski definition) is 1. The molecule has 70 valence electrons. The van der Waals surface area contributed by atoms with Gasteiger partial charge in [0.2, 0.25) is 0 Å². The molecule has 1 aromatic carbocycles. The van der Waals surface area contributed by atoms with Gasteiger partial charge in [0, 0.05) is 13.7 Å². The fourth-order valence-electron chi connectivity index (χ4n) is 1.43. The summed E-state index contributed by atoms with van der Waals surface area (Å²) in [6.07, 6.45) is 2.27. The minimum Gasteiger partial charge on any atom is -0.364 e. The van der Waals surface area contributed by atoms with Crippen molar-refractivity contribution >= 4 is 0 Å². The van der Waals surface area contributed by atoms with Crippen LogP contribution in [0, 0.1) is 0 Å². The van der Waals surface area contributed by atoms with Gasteiger partial charge in [0.05, 0.1) is 0 Å². The van der Waals surface area contributed by atoms with E-state index in [1.807, 2.05) is 6.07 Å². The van der Waals surface area contributed by atoms with Crippen molar-refractivity contribution in [3.8, 4) is 0 Å². The number of nitrogens with one attached hydrogen (secondary N) is 1. The summed E-state index contributed by atoms with van der Waals surface area (Å²) in [6.45, 7) is 0.898. The Morgan fingerprint density at radius 3 is 2.54 bits per heavy atom. The molecule has 0 heterocycles. The van der Waals surface area contributed by atoms with Gasteiger partial charge in [0.1, 0.15) is 5.72 Å². The SMILES string of the molecule is COC1(NCc2ccccc2)CC1. The molecule has 1 aromatic rings. The van der Waals surface area contributed by atoms with E-state index in [1.54, 1.807) is 7.11 Å². The van der Waals surface area contributed by atoms with Crippen LogP contribution in [0.2, 0.25) is 0 Å². The number of ether oxygens (including phenoxy) is 1. The van der Waals surface area contributed by atoms with Crippen molar-refractivity contribution in [3.05, 3.63) is 35.9 Å². The fourth-order valence-corrected chi connectivity index (χ4v) is 1.43. The van der Waals surface area contributed by atoms with E-state index in [2.05, 4.69) is 29.6 Å². The number of benzene rings is 1. The van der Waals surface area contributed by atoms with Crippen LogP contribution < -0.4 is 5.32 Å². The summed E-state index contributed by atoms with van der Waals surface area (Å²) in [5.74, 6) is 0. The second kappa shape index (κ2) is 3.48. The van der Waals surface area contributed by atoms with Crippen LogP contribution in [0.1, 0.15) is 18.4 Å². The van der Waals surface area contributed by atoms with Crippen LogP contribution in [0.4, 0.5) is 0 Å². The van der Waals surface area contributed by atoms with Gasteiger partial charge >= 0.3 is 0 Å². The largest absolute Gasteiger partial charge is 0.364 e. The molecule has 0 atom stereocenters. The Labute approximate surface area is 78.9 Å². The number of methoxy groups -OCH3 is 1. The van der Waals surface area contributed by atoms with Crippen LogP contribution in [0.25, 0.3) is 0 Å². The smallest absolute Gasteiger partial charge is 0.119 e. The van der Waals surface area contributed by atoms with Gasteiger partial charge in [0.15, 0.2) is 0 Å². The summed E-state index contributed by atoms with van der Waals surface area (Å²) in [5, 5.41) is 3.41. The van der Waals surface area contributed by atoms with E-state index in [4.69, 9.17) is 4.74 Å². The molecule has 1 saturated carbocycles. The van der Waals surface area contributed by atoms with Crippen molar-refractivity contribution in [2.24, 2.45) is 0 Å². The van der Waals surface area contributed by atoms with Crippen LogP contribution in [0.3, 0.4) is 0 Å². The van der Waals surface area contributed by atoms with Gasteiger partial charge in [-0.3, -0.25) is 5.32 Å². The molecule has 13 heavy (non-hydrogen) atoms. The van der Waals surface area contributed by atoms with Crippen LogP contribution in [0.15, 0.2) is 30.3 Å². The first-order valence-electron chi connectivity index (χ1n) is 4.69. The molecule has 0 bridgehead atoms. The molecule has 0 amide bonds. The fraction of sp³-hybridized carbons (Fsp3) is 0.455. The zero-order valence-corrected chi connectivity index (χ0v) is 7.92. The topological polar surface area (TPSA) is 21.3 Å². The van der Waals surface area contributed by atoms with Gasteiger partial charge in [-0.05, 0) is 18.4 Å². The van der Waals surface area contributed by atoms with Crippen molar-refractivity contribution in [2.75, 3.05) is 7.11 Å². The predicted octanol–water partition coefficient (Wildman–Crippen LogP) is 1.91. The maximum Gasteiger partial charge on any atom is 0.119 e. The van der Waals surface area contributed by atoms with E-state index in [9.17, 15) is 0 Å². The standard InChI is InChI=1S/C11H15NO/c1-13-11(7-8-11)12-9-10-5-3-2-4-6-10/h2-6,12H,7-9H2,1H3. The maximum atomic E-state index is 5.36. The Kier molecular flexibility index (Phi) is 2.34. The third-order valence-electron chi connectivity index (χ3n) is 2.55. The summed E-state index contributed by atoms with van der Waals surface area (Å²) in [4.78, 5) is 0.